The van der Waals surface area contributed by atoms with Crippen LogP contribution in [0.5, 0.6) is 0 Å². The first kappa shape index (κ1) is 24.4. The Morgan fingerprint density at radius 2 is 1.78 bits per heavy atom. The van der Waals surface area contributed by atoms with Crippen molar-refractivity contribution in [3.8, 4) is 0 Å². The van der Waals surface area contributed by atoms with Crippen LogP contribution in [0.15, 0.2) is 42.5 Å². The smallest absolute Gasteiger partial charge is 0.238 e. The highest BCUT2D eigenvalue weighted by atomic mass is 32.2. The van der Waals surface area contributed by atoms with Gasteiger partial charge in [-0.2, -0.15) is 0 Å². The molecule has 0 bridgehead atoms. The molecule has 0 spiro atoms. The lowest BCUT2D eigenvalue weighted by Gasteiger charge is -2.26. The first-order chi connectivity index (χ1) is 15.5. The SMILES string of the molecule is CCCCCCCCCC(=O)Nc1cccc([C@@H]2SCC(=O)N2c2ccc(C)cc2C)c1. The number of hydrogen-bond donors (Lipinski definition) is 1. The van der Waals surface area contributed by atoms with Crippen molar-refractivity contribution in [3.63, 3.8) is 0 Å². The maximum Gasteiger partial charge on any atom is 0.238 e. The van der Waals surface area contributed by atoms with E-state index in [2.05, 4.69) is 38.2 Å². The number of hydrogen-bond acceptors (Lipinski definition) is 3. The van der Waals surface area contributed by atoms with Gasteiger partial charge in [0.05, 0.1) is 5.75 Å². The Hall–Kier alpha value is -2.27. The summed E-state index contributed by atoms with van der Waals surface area (Å²) in [4.78, 5) is 27.0. The van der Waals surface area contributed by atoms with E-state index in [1.165, 1.54) is 37.7 Å². The molecule has 0 saturated carbocycles. The van der Waals surface area contributed by atoms with Crippen LogP contribution in [-0.4, -0.2) is 17.6 Å². The summed E-state index contributed by atoms with van der Waals surface area (Å²) in [6.45, 7) is 6.34. The standard InChI is InChI=1S/C27H36N2O2S/c1-4-5-6-7-8-9-10-14-25(30)28-23-13-11-12-22(18-23)27-29(26(31)19-32-27)24-16-15-20(2)17-21(24)3/h11-13,15-18,27H,4-10,14,19H2,1-3H3,(H,28,30)/t27-/m0/s1. The van der Waals surface area contributed by atoms with E-state index in [1.54, 1.807) is 11.8 Å². The van der Waals surface area contributed by atoms with Crippen LogP contribution in [0.2, 0.25) is 0 Å². The Kier molecular flexibility index (Phi) is 9.22. The van der Waals surface area contributed by atoms with Gasteiger partial charge in [0.15, 0.2) is 0 Å². The van der Waals surface area contributed by atoms with Gasteiger partial charge in [-0.05, 0) is 49.6 Å². The zero-order valence-electron chi connectivity index (χ0n) is 19.7. The molecule has 0 aromatic heterocycles. The molecule has 0 aliphatic carbocycles. The maximum absolute atomic E-state index is 12.7. The number of benzene rings is 2. The predicted molar refractivity (Wildman–Crippen MR) is 136 cm³/mol. The Morgan fingerprint density at radius 1 is 1.03 bits per heavy atom. The third-order valence-corrected chi connectivity index (χ3v) is 7.15. The molecular formula is C27H36N2O2S. The Balaban J connectivity index is 1.60. The van der Waals surface area contributed by atoms with Crippen molar-refractivity contribution in [2.24, 2.45) is 0 Å². The molecule has 1 heterocycles. The molecule has 1 saturated heterocycles. The van der Waals surface area contributed by atoms with Crippen LogP contribution < -0.4 is 10.2 Å². The van der Waals surface area contributed by atoms with Gasteiger partial charge in [-0.15, -0.1) is 11.8 Å². The first-order valence-corrected chi connectivity index (χ1v) is 12.9. The number of amides is 2. The third-order valence-electron chi connectivity index (χ3n) is 5.94. The minimum atomic E-state index is -0.0797. The highest BCUT2D eigenvalue weighted by Gasteiger charge is 2.34. The summed E-state index contributed by atoms with van der Waals surface area (Å²) in [5, 5.41) is 2.97. The van der Waals surface area contributed by atoms with Crippen molar-refractivity contribution in [2.75, 3.05) is 16.0 Å². The molecule has 0 radical (unpaired) electrons. The fourth-order valence-corrected chi connectivity index (χ4v) is 5.40. The Labute approximate surface area is 197 Å². The molecule has 2 aromatic rings. The highest BCUT2D eigenvalue weighted by molar-refractivity contribution is 8.00. The number of anilines is 2. The second-order valence-electron chi connectivity index (χ2n) is 8.76. The molecule has 1 fully saturated rings. The average molecular weight is 453 g/mol. The fraction of sp³-hybridized carbons (Fsp3) is 0.481. The van der Waals surface area contributed by atoms with E-state index in [-0.39, 0.29) is 17.2 Å². The van der Waals surface area contributed by atoms with Crippen LogP contribution >= 0.6 is 11.8 Å². The molecule has 5 heteroatoms. The number of nitrogens with zero attached hydrogens (tertiary/aromatic N) is 1. The van der Waals surface area contributed by atoms with Crippen molar-refractivity contribution in [1.29, 1.82) is 0 Å². The first-order valence-electron chi connectivity index (χ1n) is 11.9. The van der Waals surface area contributed by atoms with Crippen LogP contribution in [0.25, 0.3) is 0 Å². The summed E-state index contributed by atoms with van der Waals surface area (Å²) in [6, 6.07) is 14.1. The number of thioether (sulfide) groups is 1. The molecule has 1 aliphatic rings. The largest absolute Gasteiger partial charge is 0.326 e. The van der Waals surface area contributed by atoms with Gasteiger partial charge in [-0.3, -0.25) is 14.5 Å². The van der Waals surface area contributed by atoms with Crippen molar-refractivity contribution in [2.45, 2.75) is 77.5 Å². The molecule has 32 heavy (non-hydrogen) atoms. The minimum Gasteiger partial charge on any atom is -0.326 e. The summed E-state index contributed by atoms with van der Waals surface area (Å²) in [5.74, 6) is 0.657. The van der Waals surface area contributed by atoms with Gasteiger partial charge < -0.3 is 5.32 Å². The molecule has 4 nitrogen and oxygen atoms in total. The predicted octanol–water partition coefficient (Wildman–Crippen LogP) is 7.16. The summed E-state index contributed by atoms with van der Waals surface area (Å²) in [6.07, 6.45) is 8.96. The molecular weight excluding hydrogens is 416 g/mol. The normalized spacial score (nSPS) is 15.9. The van der Waals surface area contributed by atoms with Crippen LogP contribution in [0.3, 0.4) is 0 Å². The number of nitrogens with one attached hydrogen (secondary N) is 1. The van der Waals surface area contributed by atoms with E-state index >= 15 is 0 Å². The summed E-state index contributed by atoms with van der Waals surface area (Å²) in [5.41, 5.74) is 5.09. The van der Waals surface area contributed by atoms with Crippen molar-refractivity contribution in [1.82, 2.24) is 0 Å². The van der Waals surface area contributed by atoms with E-state index in [9.17, 15) is 9.59 Å². The maximum atomic E-state index is 12.7. The molecule has 1 atom stereocenters. The minimum absolute atomic E-state index is 0.0668. The number of carbonyl (C=O) groups excluding carboxylic acids is 2. The van der Waals surface area contributed by atoms with E-state index in [4.69, 9.17) is 0 Å². The lowest BCUT2D eigenvalue weighted by Crippen LogP contribution is -2.28. The fourth-order valence-electron chi connectivity index (χ4n) is 4.24. The van der Waals surface area contributed by atoms with E-state index in [0.717, 1.165) is 35.3 Å². The van der Waals surface area contributed by atoms with E-state index < -0.39 is 0 Å². The molecule has 172 valence electrons. The zero-order valence-corrected chi connectivity index (χ0v) is 20.5. The second kappa shape index (κ2) is 12.1. The van der Waals surface area contributed by atoms with Gasteiger partial charge in [0.2, 0.25) is 11.8 Å². The van der Waals surface area contributed by atoms with Crippen molar-refractivity contribution in [3.05, 3.63) is 59.2 Å². The van der Waals surface area contributed by atoms with Gasteiger partial charge in [0, 0.05) is 17.8 Å². The van der Waals surface area contributed by atoms with Gasteiger partial charge >= 0.3 is 0 Å². The summed E-state index contributed by atoms with van der Waals surface area (Å²) < 4.78 is 0. The number of carbonyl (C=O) groups is 2. The second-order valence-corrected chi connectivity index (χ2v) is 9.83. The van der Waals surface area contributed by atoms with Crippen LogP contribution in [-0.2, 0) is 9.59 Å². The van der Waals surface area contributed by atoms with Gasteiger partial charge in [-0.25, -0.2) is 0 Å². The monoisotopic (exact) mass is 452 g/mol. The Morgan fingerprint density at radius 3 is 2.53 bits per heavy atom. The zero-order chi connectivity index (χ0) is 22.9. The molecule has 1 N–H and O–H groups in total. The summed E-state index contributed by atoms with van der Waals surface area (Å²) >= 11 is 1.64. The average Bonchev–Trinajstić information content (AvgIpc) is 3.14. The Bertz CT molecular complexity index is 928. The number of aryl methyl sites for hydroxylation is 2. The highest BCUT2D eigenvalue weighted by Crippen LogP contribution is 2.43. The van der Waals surface area contributed by atoms with Crippen LogP contribution in [0.1, 0.15) is 80.4 Å². The van der Waals surface area contributed by atoms with Gasteiger partial charge in [-0.1, -0.05) is 75.3 Å². The quantitative estimate of drug-likeness (QED) is 0.368. The number of unbranched alkanes of at least 4 members (excludes halogenated alkanes) is 6. The van der Waals surface area contributed by atoms with Gasteiger partial charge in [0.25, 0.3) is 0 Å². The molecule has 2 aromatic carbocycles. The molecule has 1 aliphatic heterocycles. The third kappa shape index (κ3) is 6.61. The van der Waals surface area contributed by atoms with E-state index in [0.29, 0.717) is 12.2 Å². The molecule has 3 rings (SSSR count). The molecule has 2 amide bonds. The van der Waals surface area contributed by atoms with Crippen molar-refractivity contribution < 1.29 is 9.59 Å². The van der Waals surface area contributed by atoms with Crippen LogP contribution in [0, 0.1) is 13.8 Å². The number of rotatable bonds is 11. The summed E-state index contributed by atoms with van der Waals surface area (Å²) in [7, 11) is 0. The molecule has 0 unspecified atom stereocenters. The lowest BCUT2D eigenvalue weighted by atomic mass is 10.1. The topological polar surface area (TPSA) is 49.4 Å². The van der Waals surface area contributed by atoms with Crippen molar-refractivity contribution >= 4 is 35.0 Å². The lowest BCUT2D eigenvalue weighted by molar-refractivity contribution is -0.117. The van der Waals surface area contributed by atoms with Gasteiger partial charge in [0.1, 0.15) is 5.37 Å². The van der Waals surface area contributed by atoms with Crippen LogP contribution in [0.4, 0.5) is 11.4 Å². The van der Waals surface area contributed by atoms with E-state index in [1.807, 2.05) is 35.2 Å².